The molecule has 0 radical (unpaired) electrons. The van der Waals surface area contributed by atoms with Crippen molar-refractivity contribution >= 4 is 11.5 Å². The molecule has 0 N–H and O–H groups in total. The molecule has 0 bridgehead atoms. The zero-order valence-corrected chi connectivity index (χ0v) is 13.9. The summed E-state index contributed by atoms with van der Waals surface area (Å²) in [6.45, 7) is 1.74. The van der Waals surface area contributed by atoms with Crippen LogP contribution < -0.4 is 4.90 Å². The van der Waals surface area contributed by atoms with E-state index in [1.807, 2.05) is 42.5 Å². The average Bonchev–Trinajstić information content (AvgIpc) is 3.38. The van der Waals surface area contributed by atoms with Gasteiger partial charge in [0.25, 0.3) is 0 Å². The minimum atomic E-state index is 0.271. The summed E-state index contributed by atoms with van der Waals surface area (Å²) in [4.78, 5) is 6.82. The van der Waals surface area contributed by atoms with Crippen molar-refractivity contribution in [3.05, 3.63) is 48.4 Å². The third-order valence-corrected chi connectivity index (χ3v) is 4.70. The van der Waals surface area contributed by atoms with Crippen LogP contribution in [0.2, 0.25) is 0 Å². The normalized spacial score (nSPS) is 15.6. The van der Waals surface area contributed by atoms with Gasteiger partial charge in [-0.05, 0) is 35.4 Å². The number of nitrogens with zero attached hydrogens (tertiary/aromatic N) is 8. The molecule has 0 amide bonds. The minimum Gasteiger partial charge on any atom is -0.355 e. The molecule has 1 saturated heterocycles. The second kappa shape index (κ2) is 6.17. The lowest BCUT2D eigenvalue weighted by Crippen LogP contribution is -2.33. The molecule has 1 fully saturated rings. The maximum absolute atomic E-state index is 5.52. The fourth-order valence-corrected chi connectivity index (χ4v) is 3.27. The first-order valence-electron chi connectivity index (χ1n) is 8.56. The molecule has 3 aromatic heterocycles. The van der Waals surface area contributed by atoms with E-state index in [0.717, 1.165) is 37.3 Å². The van der Waals surface area contributed by atoms with Crippen LogP contribution in [0.5, 0.6) is 0 Å². The van der Waals surface area contributed by atoms with Crippen LogP contribution in [0.4, 0.5) is 5.82 Å². The zero-order chi connectivity index (χ0) is 17.3. The van der Waals surface area contributed by atoms with E-state index in [1.165, 1.54) is 4.63 Å². The topological polar surface area (TPSA) is 98.1 Å². The number of hydrogen-bond donors (Lipinski definition) is 0. The lowest BCUT2D eigenvalue weighted by molar-refractivity contribution is 0.329. The van der Waals surface area contributed by atoms with Gasteiger partial charge in [0.15, 0.2) is 11.5 Å². The van der Waals surface area contributed by atoms with Crippen LogP contribution in [0.3, 0.4) is 0 Å². The van der Waals surface area contributed by atoms with Crippen LogP contribution in [0.15, 0.2) is 47.0 Å². The van der Waals surface area contributed by atoms with Crippen molar-refractivity contribution in [2.45, 2.75) is 18.8 Å². The molecule has 0 unspecified atom stereocenters. The van der Waals surface area contributed by atoms with Gasteiger partial charge in [0.05, 0.1) is 0 Å². The molecule has 1 aromatic carbocycles. The van der Waals surface area contributed by atoms with E-state index in [0.29, 0.717) is 17.4 Å². The maximum atomic E-state index is 5.52. The molecule has 1 aliphatic heterocycles. The summed E-state index contributed by atoms with van der Waals surface area (Å²) in [5, 5.41) is 19.9. The third-order valence-electron chi connectivity index (χ3n) is 4.70. The van der Waals surface area contributed by atoms with Gasteiger partial charge in [-0.1, -0.05) is 35.5 Å². The van der Waals surface area contributed by atoms with Gasteiger partial charge in [-0.2, -0.15) is 4.98 Å². The van der Waals surface area contributed by atoms with E-state index in [4.69, 9.17) is 4.52 Å². The number of fused-ring (bicyclic) bond motifs is 1. The number of tetrazole rings is 1. The molecule has 0 spiro atoms. The molecular weight excluding hydrogens is 332 g/mol. The van der Waals surface area contributed by atoms with Crippen molar-refractivity contribution in [3.63, 3.8) is 0 Å². The molecule has 1 aliphatic rings. The second-order valence-corrected chi connectivity index (χ2v) is 6.30. The Labute approximate surface area is 148 Å². The average molecular weight is 348 g/mol. The van der Waals surface area contributed by atoms with E-state index in [9.17, 15) is 0 Å². The summed E-state index contributed by atoms with van der Waals surface area (Å²) >= 11 is 0. The summed E-state index contributed by atoms with van der Waals surface area (Å²) in [6, 6.07) is 13.7. The van der Waals surface area contributed by atoms with Gasteiger partial charge < -0.3 is 9.42 Å². The number of aromatic nitrogens is 7. The van der Waals surface area contributed by atoms with Crippen molar-refractivity contribution in [2.24, 2.45) is 0 Å². The second-order valence-electron chi connectivity index (χ2n) is 6.30. The Morgan fingerprint density at radius 2 is 1.85 bits per heavy atom. The van der Waals surface area contributed by atoms with E-state index in [-0.39, 0.29) is 5.92 Å². The van der Waals surface area contributed by atoms with Crippen LogP contribution in [-0.4, -0.2) is 48.5 Å². The van der Waals surface area contributed by atoms with Gasteiger partial charge in [-0.3, -0.25) is 0 Å². The van der Waals surface area contributed by atoms with Crippen molar-refractivity contribution in [1.29, 1.82) is 0 Å². The van der Waals surface area contributed by atoms with Crippen molar-refractivity contribution < 1.29 is 4.52 Å². The summed E-state index contributed by atoms with van der Waals surface area (Å²) in [5.74, 6) is 2.51. The highest BCUT2D eigenvalue weighted by molar-refractivity contribution is 5.53. The highest BCUT2D eigenvalue weighted by atomic mass is 16.5. The molecule has 0 aliphatic carbocycles. The molecule has 9 heteroatoms. The van der Waals surface area contributed by atoms with E-state index < -0.39 is 0 Å². The zero-order valence-electron chi connectivity index (χ0n) is 13.9. The third kappa shape index (κ3) is 2.67. The molecular formula is C17H16N8O. The fraction of sp³-hybridized carbons (Fsp3) is 0.294. The monoisotopic (exact) mass is 348 g/mol. The van der Waals surface area contributed by atoms with Gasteiger partial charge in [-0.25, -0.2) is 0 Å². The van der Waals surface area contributed by atoms with Crippen LogP contribution >= 0.6 is 0 Å². The Balaban J connectivity index is 1.29. The molecule has 0 atom stereocenters. The van der Waals surface area contributed by atoms with Crippen LogP contribution in [0.1, 0.15) is 24.7 Å². The summed E-state index contributed by atoms with van der Waals surface area (Å²) in [5.41, 5.74) is 1.61. The Kier molecular flexibility index (Phi) is 3.55. The lowest BCUT2D eigenvalue weighted by atomic mass is 9.97. The number of hydrogen-bond acceptors (Lipinski definition) is 8. The molecule has 5 rings (SSSR count). The van der Waals surface area contributed by atoms with Gasteiger partial charge in [0.2, 0.25) is 11.7 Å². The number of piperidine rings is 1. The number of benzene rings is 1. The van der Waals surface area contributed by atoms with E-state index in [2.05, 4.69) is 35.7 Å². The van der Waals surface area contributed by atoms with Gasteiger partial charge in [0, 0.05) is 24.6 Å². The quantitative estimate of drug-likeness (QED) is 0.554. The Morgan fingerprint density at radius 1 is 1.00 bits per heavy atom. The Morgan fingerprint density at radius 3 is 2.69 bits per heavy atom. The molecule has 4 heterocycles. The Bertz CT molecular complexity index is 1020. The molecule has 130 valence electrons. The van der Waals surface area contributed by atoms with Gasteiger partial charge in [-0.15, -0.1) is 14.8 Å². The lowest BCUT2D eigenvalue weighted by Gasteiger charge is -2.30. The smallest absolute Gasteiger partial charge is 0.230 e. The van der Waals surface area contributed by atoms with E-state index >= 15 is 0 Å². The largest absolute Gasteiger partial charge is 0.355 e. The van der Waals surface area contributed by atoms with Crippen LogP contribution in [0, 0.1) is 0 Å². The fourth-order valence-electron chi connectivity index (χ4n) is 3.27. The first kappa shape index (κ1) is 14.9. The minimum absolute atomic E-state index is 0.271. The Hall–Kier alpha value is -3.36. The number of anilines is 1. The molecule has 26 heavy (non-hydrogen) atoms. The van der Waals surface area contributed by atoms with Gasteiger partial charge >= 0.3 is 0 Å². The first-order valence-corrected chi connectivity index (χ1v) is 8.56. The molecule has 0 saturated carbocycles. The highest BCUT2D eigenvalue weighted by Crippen LogP contribution is 2.30. The van der Waals surface area contributed by atoms with Crippen molar-refractivity contribution in [2.75, 3.05) is 18.0 Å². The van der Waals surface area contributed by atoms with E-state index in [1.54, 1.807) is 0 Å². The summed E-state index contributed by atoms with van der Waals surface area (Å²) < 4.78 is 6.97. The SMILES string of the molecule is c1ccc(-c2noc(C3CCN(c4ccc5nnnn5n4)CC3)n2)cc1. The molecule has 4 aromatic rings. The summed E-state index contributed by atoms with van der Waals surface area (Å²) in [7, 11) is 0. The highest BCUT2D eigenvalue weighted by Gasteiger charge is 2.26. The molecule has 9 nitrogen and oxygen atoms in total. The predicted octanol–water partition coefficient (Wildman–Crippen LogP) is 1.95. The van der Waals surface area contributed by atoms with Gasteiger partial charge in [0.1, 0.15) is 0 Å². The van der Waals surface area contributed by atoms with Crippen molar-refractivity contribution in [3.8, 4) is 11.4 Å². The predicted molar refractivity (Wildman–Crippen MR) is 92.5 cm³/mol. The van der Waals surface area contributed by atoms with Crippen molar-refractivity contribution in [1.82, 2.24) is 35.4 Å². The standard InChI is InChI=1S/C17H16N8O/c1-2-4-12(5-3-1)16-18-17(26-21-16)13-8-10-24(11-9-13)15-7-6-14-19-22-23-25(14)20-15/h1-7,13H,8-11H2. The first-order chi connectivity index (χ1) is 12.9. The number of rotatable bonds is 3. The van der Waals surface area contributed by atoms with Crippen LogP contribution in [-0.2, 0) is 0 Å². The summed E-state index contributed by atoms with van der Waals surface area (Å²) in [6.07, 6.45) is 1.87. The maximum Gasteiger partial charge on any atom is 0.230 e. The van der Waals surface area contributed by atoms with Crippen LogP contribution in [0.25, 0.3) is 17.0 Å².